The van der Waals surface area contributed by atoms with Crippen LogP contribution in [-0.2, 0) is 15.8 Å². The lowest BCUT2D eigenvalue weighted by Gasteiger charge is -2.40. The van der Waals surface area contributed by atoms with Crippen LogP contribution in [0.25, 0.3) is 16.7 Å². The summed E-state index contributed by atoms with van der Waals surface area (Å²) in [5.74, 6) is -0.252. The first-order valence-corrected chi connectivity index (χ1v) is 16.5. The molecule has 8 heteroatoms. The van der Waals surface area contributed by atoms with E-state index in [2.05, 4.69) is 70.6 Å². The van der Waals surface area contributed by atoms with Crippen molar-refractivity contribution in [2.45, 2.75) is 92.7 Å². The van der Waals surface area contributed by atoms with E-state index in [0.717, 1.165) is 40.8 Å². The summed E-state index contributed by atoms with van der Waals surface area (Å²) in [6.07, 6.45) is 16.7. The van der Waals surface area contributed by atoms with Gasteiger partial charge in [0.2, 0.25) is 0 Å². The maximum Gasteiger partial charge on any atom is 0.290 e. The Morgan fingerprint density at radius 2 is 1.66 bits per heavy atom. The number of hydrogen-bond acceptors (Lipinski definition) is 4. The molecule has 1 aliphatic carbocycles. The number of terminal acetylenes is 1. The van der Waals surface area contributed by atoms with E-state index in [1.807, 2.05) is 24.5 Å². The Bertz CT molecular complexity index is 1270. The second-order valence-electron chi connectivity index (χ2n) is 13.0. The molecule has 2 aromatic rings. The molecule has 6 nitrogen and oxygen atoms in total. The molecular weight excluding hydrogens is 575 g/mol. The number of halogens is 1. The normalized spacial score (nSPS) is 16.8. The quantitative estimate of drug-likeness (QED) is 0.263. The number of aryl methyl sites for hydroxylation is 1. The second kappa shape index (κ2) is 18.7. The summed E-state index contributed by atoms with van der Waals surface area (Å²) in [7, 11) is 2.76. The first-order chi connectivity index (χ1) is 20.4. The summed E-state index contributed by atoms with van der Waals surface area (Å²) in [6.45, 7) is 16.6. The van der Waals surface area contributed by atoms with Crippen LogP contribution in [0.15, 0.2) is 36.4 Å². The van der Waals surface area contributed by atoms with Gasteiger partial charge < -0.3 is 15.1 Å². The highest BCUT2D eigenvalue weighted by Gasteiger charge is 2.35. The molecule has 44 heavy (non-hydrogen) atoms. The van der Waals surface area contributed by atoms with Crippen molar-refractivity contribution in [3.05, 3.63) is 58.9 Å². The predicted octanol–water partition coefficient (Wildman–Crippen LogP) is 8.25. The lowest BCUT2D eigenvalue weighted by molar-refractivity contribution is -0.122. The molecule has 2 atom stereocenters. The van der Waals surface area contributed by atoms with Crippen molar-refractivity contribution in [2.24, 2.45) is 5.41 Å². The number of fused-ring (bicyclic) bond motifs is 3. The molecule has 0 bridgehead atoms. The average molecular weight is 631 g/mol. The average Bonchev–Trinajstić information content (AvgIpc) is 2.89. The van der Waals surface area contributed by atoms with E-state index < -0.39 is 16.6 Å². The van der Waals surface area contributed by atoms with Crippen molar-refractivity contribution in [1.82, 2.24) is 4.90 Å². The van der Waals surface area contributed by atoms with Gasteiger partial charge in [0, 0.05) is 18.4 Å². The molecule has 2 N–H and O–H groups in total. The summed E-state index contributed by atoms with van der Waals surface area (Å²) in [4.78, 5) is 10.4. The fourth-order valence-corrected chi connectivity index (χ4v) is 6.00. The highest BCUT2D eigenvalue weighted by Crippen LogP contribution is 2.49. The SMILES string of the molecule is C#C.CC(C)(C)O.CCC.Cc1cc(C2=CCC(C)(C)CC2)cc2c1N(S(C)=O)C(CN(C)C)c1cc(F)ccc1-2.O=CO. The molecular formula is C36H55FN2O4S. The molecule has 0 aromatic heterocycles. The van der Waals surface area contributed by atoms with Gasteiger partial charge in [0.15, 0.2) is 0 Å². The Morgan fingerprint density at radius 1 is 1.14 bits per heavy atom. The van der Waals surface area contributed by atoms with Crippen LogP contribution in [-0.4, -0.2) is 58.3 Å². The van der Waals surface area contributed by atoms with E-state index in [9.17, 15) is 8.60 Å². The molecule has 0 radical (unpaired) electrons. The van der Waals surface area contributed by atoms with Crippen LogP contribution in [0.2, 0.25) is 0 Å². The van der Waals surface area contributed by atoms with Crippen molar-refractivity contribution in [1.29, 1.82) is 0 Å². The number of anilines is 1. The highest BCUT2D eigenvalue weighted by molar-refractivity contribution is 7.85. The van der Waals surface area contributed by atoms with E-state index in [4.69, 9.17) is 15.0 Å². The van der Waals surface area contributed by atoms with Crippen LogP contribution in [0.5, 0.6) is 0 Å². The topological polar surface area (TPSA) is 81.1 Å². The summed E-state index contributed by atoms with van der Waals surface area (Å²) in [5, 5.41) is 15.4. The number of rotatable bonds is 4. The Balaban J connectivity index is 0.00000122. The van der Waals surface area contributed by atoms with Crippen LogP contribution in [0.3, 0.4) is 0 Å². The minimum absolute atomic E-state index is 0.168. The second-order valence-corrected chi connectivity index (χ2v) is 14.3. The highest BCUT2D eigenvalue weighted by atomic mass is 32.2. The van der Waals surface area contributed by atoms with Gasteiger partial charge in [-0.25, -0.2) is 8.60 Å². The van der Waals surface area contributed by atoms with Gasteiger partial charge in [-0.15, -0.1) is 12.8 Å². The number of hydrogen-bond donors (Lipinski definition) is 2. The van der Waals surface area contributed by atoms with E-state index in [0.29, 0.717) is 12.0 Å². The van der Waals surface area contributed by atoms with Gasteiger partial charge in [0.25, 0.3) is 6.47 Å². The molecule has 0 saturated carbocycles. The third-order valence-electron chi connectivity index (χ3n) is 6.62. The fourth-order valence-electron chi connectivity index (χ4n) is 4.96. The standard InChI is InChI=1S/C26H33FN2OS.C4H10O.C3H8.C2H2.CH2O2/c1-17-13-19(18-9-11-26(2,3)12-10-18)14-23-21-8-7-20(27)15-22(21)24(16-28(4)5)29(25(17)23)31(6)30;1-4(2,3)5;1-3-2;1-2;2-1-3/h7-9,13-15,24H,10-12,16H2,1-6H3;5H,1-3H3;3H2,1-2H3;1-2H;1H,(H,2,3). The zero-order chi connectivity index (χ0) is 34.4. The number of benzene rings is 2. The summed E-state index contributed by atoms with van der Waals surface area (Å²) in [5.41, 5.74) is 7.61. The van der Waals surface area contributed by atoms with Crippen LogP contribution < -0.4 is 4.31 Å². The van der Waals surface area contributed by atoms with Crippen LogP contribution >= 0.6 is 0 Å². The van der Waals surface area contributed by atoms with Gasteiger partial charge >= 0.3 is 0 Å². The molecule has 1 aliphatic heterocycles. The Labute approximate surface area is 269 Å². The van der Waals surface area contributed by atoms with Crippen LogP contribution in [0.1, 0.15) is 96.9 Å². The molecule has 0 amide bonds. The van der Waals surface area contributed by atoms with Crippen molar-refractivity contribution < 1.29 is 23.6 Å². The monoisotopic (exact) mass is 630 g/mol. The number of carbonyl (C=O) groups is 1. The molecule has 0 saturated heterocycles. The molecule has 0 fully saturated rings. The van der Waals surface area contributed by atoms with E-state index in [-0.39, 0.29) is 18.3 Å². The van der Waals surface area contributed by atoms with E-state index in [1.54, 1.807) is 33.1 Å². The largest absolute Gasteiger partial charge is 0.483 e. The summed E-state index contributed by atoms with van der Waals surface area (Å²) < 4.78 is 29.3. The molecule has 2 aliphatic rings. The minimum atomic E-state index is -1.24. The Morgan fingerprint density at radius 3 is 2.09 bits per heavy atom. The Kier molecular flexibility index (Phi) is 17.5. The van der Waals surface area contributed by atoms with Crippen molar-refractivity contribution in [3.8, 4) is 24.0 Å². The maximum atomic E-state index is 14.3. The van der Waals surface area contributed by atoms with Crippen molar-refractivity contribution in [3.63, 3.8) is 0 Å². The lowest BCUT2D eigenvalue weighted by Crippen LogP contribution is -2.39. The first kappa shape index (κ1) is 41.0. The zero-order valence-electron chi connectivity index (χ0n) is 28.7. The smallest absolute Gasteiger partial charge is 0.290 e. The van der Waals surface area contributed by atoms with E-state index >= 15 is 0 Å². The van der Waals surface area contributed by atoms with Crippen LogP contribution in [0.4, 0.5) is 10.1 Å². The summed E-state index contributed by atoms with van der Waals surface area (Å²) in [6, 6.07) is 9.36. The van der Waals surface area contributed by atoms with Crippen molar-refractivity contribution >= 4 is 28.7 Å². The van der Waals surface area contributed by atoms with Gasteiger partial charge in [-0.3, -0.25) is 9.10 Å². The van der Waals surface area contributed by atoms with Gasteiger partial charge in [-0.05, 0) is 119 Å². The Hall–Kier alpha value is -2.99. The third kappa shape index (κ3) is 12.9. The fraction of sp³-hybridized carbons (Fsp3) is 0.528. The third-order valence-corrected chi connectivity index (χ3v) is 7.62. The minimum Gasteiger partial charge on any atom is -0.483 e. The maximum absolute atomic E-state index is 14.3. The van der Waals surface area contributed by atoms with Crippen LogP contribution in [0, 0.1) is 31.0 Å². The number of likely N-dealkylation sites (N-methyl/N-ethyl adjacent to an activating group) is 1. The number of carboxylic acid groups (broad SMARTS) is 1. The van der Waals surface area contributed by atoms with Gasteiger partial charge in [0.05, 0.1) is 17.3 Å². The summed E-state index contributed by atoms with van der Waals surface area (Å²) >= 11 is 0. The van der Waals surface area contributed by atoms with Crippen molar-refractivity contribution in [2.75, 3.05) is 31.2 Å². The van der Waals surface area contributed by atoms with Gasteiger partial charge in [0.1, 0.15) is 16.8 Å². The molecule has 2 unspecified atom stereocenters. The first-order valence-electron chi connectivity index (χ1n) is 15.0. The molecule has 246 valence electrons. The van der Waals surface area contributed by atoms with Gasteiger partial charge in [-0.2, -0.15) is 0 Å². The lowest BCUT2D eigenvalue weighted by atomic mass is 9.76. The number of allylic oxidation sites excluding steroid dienone is 2. The molecule has 2 aromatic carbocycles. The predicted molar refractivity (Wildman–Crippen MR) is 187 cm³/mol. The molecule has 4 rings (SSSR count). The molecule has 1 heterocycles. The molecule has 0 spiro atoms. The number of nitrogens with zero attached hydrogens (tertiary/aromatic N) is 2. The van der Waals surface area contributed by atoms with Gasteiger partial charge in [-0.1, -0.05) is 46.3 Å². The zero-order valence-corrected chi connectivity index (χ0v) is 29.5. The number of aliphatic hydroxyl groups is 1. The van der Waals surface area contributed by atoms with E-state index in [1.165, 1.54) is 30.0 Å².